The Morgan fingerprint density at radius 3 is 2.65 bits per heavy atom. The summed E-state index contributed by atoms with van der Waals surface area (Å²) in [5.74, 6) is 0.873. The molecular weight excluding hydrogens is 350 g/mol. The second-order valence-corrected chi connectivity index (χ2v) is 8.51. The van der Waals surface area contributed by atoms with E-state index in [1.165, 1.54) is 12.0 Å². The SMILES string of the molecule is Cc1cc(C)n2nc(CNS(=O)(=O)c3ccc4c(c3)CCCC4)nc2n1. The molecule has 0 saturated carbocycles. The van der Waals surface area contributed by atoms with E-state index in [0.717, 1.165) is 36.2 Å². The smallest absolute Gasteiger partial charge is 0.216 e. The quantitative estimate of drug-likeness (QED) is 0.759. The van der Waals surface area contributed by atoms with Crippen LogP contribution in [0.5, 0.6) is 0 Å². The molecule has 4 rings (SSSR count). The normalized spacial score (nSPS) is 14.5. The topological polar surface area (TPSA) is 89.2 Å². The number of hydrogen-bond donors (Lipinski definition) is 1. The molecule has 0 fully saturated rings. The number of rotatable bonds is 4. The molecule has 1 aromatic carbocycles. The second kappa shape index (κ2) is 6.44. The molecule has 0 unspecified atom stereocenters. The van der Waals surface area contributed by atoms with E-state index in [1.54, 1.807) is 16.6 Å². The molecule has 0 atom stereocenters. The number of sulfonamides is 1. The number of nitrogens with one attached hydrogen (secondary N) is 1. The number of aryl methyl sites for hydroxylation is 4. The first kappa shape index (κ1) is 17.1. The molecule has 0 bridgehead atoms. The highest BCUT2D eigenvalue weighted by Gasteiger charge is 2.18. The highest BCUT2D eigenvalue weighted by molar-refractivity contribution is 7.89. The average Bonchev–Trinajstić information content (AvgIpc) is 3.03. The predicted octanol–water partition coefficient (Wildman–Crippen LogP) is 2.10. The number of aromatic nitrogens is 4. The number of nitrogens with zero attached hydrogens (tertiary/aromatic N) is 4. The Kier molecular flexibility index (Phi) is 4.24. The van der Waals surface area contributed by atoms with Crippen LogP contribution in [0.4, 0.5) is 0 Å². The van der Waals surface area contributed by atoms with Crippen LogP contribution < -0.4 is 4.72 Å². The van der Waals surface area contributed by atoms with Gasteiger partial charge in [0.15, 0.2) is 5.82 Å². The molecule has 0 saturated heterocycles. The van der Waals surface area contributed by atoms with Gasteiger partial charge in [-0.3, -0.25) is 0 Å². The summed E-state index contributed by atoms with van der Waals surface area (Å²) >= 11 is 0. The van der Waals surface area contributed by atoms with Gasteiger partial charge in [-0.15, -0.1) is 5.10 Å². The summed E-state index contributed by atoms with van der Waals surface area (Å²) in [4.78, 5) is 8.93. The van der Waals surface area contributed by atoms with Crippen molar-refractivity contribution in [3.8, 4) is 0 Å². The maximum atomic E-state index is 12.6. The maximum Gasteiger partial charge on any atom is 0.252 e. The van der Waals surface area contributed by atoms with Crippen molar-refractivity contribution in [1.82, 2.24) is 24.3 Å². The third-order valence-corrected chi connectivity index (χ3v) is 6.11. The van der Waals surface area contributed by atoms with E-state index in [9.17, 15) is 8.42 Å². The van der Waals surface area contributed by atoms with E-state index in [2.05, 4.69) is 19.8 Å². The molecule has 0 aliphatic heterocycles. The number of benzene rings is 1. The lowest BCUT2D eigenvalue weighted by atomic mass is 9.92. The van der Waals surface area contributed by atoms with Crippen molar-refractivity contribution < 1.29 is 8.42 Å². The van der Waals surface area contributed by atoms with E-state index in [0.29, 0.717) is 16.5 Å². The fraction of sp³-hybridized carbons (Fsp3) is 0.389. The van der Waals surface area contributed by atoms with Crippen LogP contribution >= 0.6 is 0 Å². The Morgan fingerprint density at radius 1 is 1.08 bits per heavy atom. The molecule has 0 amide bonds. The minimum atomic E-state index is -3.61. The van der Waals surface area contributed by atoms with Gasteiger partial charge < -0.3 is 0 Å². The monoisotopic (exact) mass is 371 g/mol. The van der Waals surface area contributed by atoms with Gasteiger partial charge in [0.25, 0.3) is 5.78 Å². The Labute approximate surface area is 152 Å². The summed E-state index contributed by atoms with van der Waals surface area (Å²) in [6.45, 7) is 3.83. The van der Waals surface area contributed by atoms with Crippen LogP contribution in [0.3, 0.4) is 0 Å². The fourth-order valence-electron chi connectivity index (χ4n) is 3.40. The molecule has 1 N–H and O–H groups in total. The standard InChI is InChI=1S/C18H21N5O2S/c1-12-9-13(2)23-18(20-12)21-17(22-23)11-19-26(24,25)16-8-7-14-5-3-4-6-15(14)10-16/h7-10,19H,3-6,11H2,1-2H3. The summed E-state index contributed by atoms with van der Waals surface area (Å²) in [5.41, 5.74) is 4.15. The Balaban J connectivity index is 1.56. The predicted molar refractivity (Wildman–Crippen MR) is 97.4 cm³/mol. The van der Waals surface area contributed by atoms with Crippen LogP contribution in [0.25, 0.3) is 5.78 Å². The molecule has 1 aliphatic carbocycles. The second-order valence-electron chi connectivity index (χ2n) is 6.74. The summed E-state index contributed by atoms with van der Waals surface area (Å²) < 4.78 is 29.5. The minimum Gasteiger partial charge on any atom is -0.216 e. The van der Waals surface area contributed by atoms with Crippen molar-refractivity contribution in [2.24, 2.45) is 0 Å². The van der Waals surface area contributed by atoms with Crippen LogP contribution in [-0.4, -0.2) is 28.0 Å². The van der Waals surface area contributed by atoms with Crippen molar-refractivity contribution >= 4 is 15.8 Å². The zero-order chi connectivity index (χ0) is 18.3. The van der Waals surface area contributed by atoms with E-state index < -0.39 is 10.0 Å². The number of fused-ring (bicyclic) bond motifs is 2. The molecule has 136 valence electrons. The zero-order valence-electron chi connectivity index (χ0n) is 14.9. The molecular formula is C18H21N5O2S. The molecule has 3 aromatic rings. The highest BCUT2D eigenvalue weighted by atomic mass is 32.2. The lowest BCUT2D eigenvalue weighted by Gasteiger charge is -2.16. The largest absolute Gasteiger partial charge is 0.252 e. The van der Waals surface area contributed by atoms with Crippen molar-refractivity contribution in [2.45, 2.75) is 51.0 Å². The number of hydrogen-bond acceptors (Lipinski definition) is 5. The van der Waals surface area contributed by atoms with Crippen LogP contribution in [0.15, 0.2) is 29.2 Å². The van der Waals surface area contributed by atoms with E-state index >= 15 is 0 Å². The third-order valence-electron chi connectivity index (χ3n) is 4.71. The lowest BCUT2D eigenvalue weighted by molar-refractivity contribution is 0.578. The lowest BCUT2D eigenvalue weighted by Crippen LogP contribution is -2.24. The van der Waals surface area contributed by atoms with E-state index in [1.807, 2.05) is 26.0 Å². The van der Waals surface area contributed by atoms with E-state index in [-0.39, 0.29) is 6.54 Å². The van der Waals surface area contributed by atoms with Gasteiger partial charge in [-0.2, -0.15) is 4.98 Å². The van der Waals surface area contributed by atoms with Gasteiger partial charge in [0.1, 0.15) is 0 Å². The van der Waals surface area contributed by atoms with Gasteiger partial charge in [-0.1, -0.05) is 6.07 Å². The van der Waals surface area contributed by atoms with Crippen LogP contribution in [-0.2, 0) is 29.4 Å². The highest BCUT2D eigenvalue weighted by Crippen LogP contribution is 2.24. The first-order chi connectivity index (χ1) is 12.4. The molecule has 2 aromatic heterocycles. The van der Waals surface area contributed by atoms with Gasteiger partial charge in [0.2, 0.25) is 10.0 Å². The Bertz CT molecular complexity index is 1090. The van der Waals surface area contributed by atoms with Crippen molar-refractivity contribution in [1.29, 1.82) is 0 Å². The first-order valence-electron chi connectivity index (χ1n) is 8.74. The summed E-state index contributed by atoms with van der Waals surface area (Å²) in [6.07, 6.45) is 4.25. The Hall–Kier alpha value is -2.32. The van der Waals surface area contributed by atoms with Crippen LogP contribution in [0, 0.1) is 13.8 Å². The van der Waals surface area contributed by atoms with Gasteiger partial charge in [0.05, 0.1) is 11.4 Å². The maximum absolute atomic E-state index is 12.6. The first-order valence-corrected chi connectivity index (χ1v) is 10.2. The van der Waals surface area contributed by atoms with E-state index in [4.69, 9.17) is 0 Å². The van der Waals surface area contributed by atoms with Gasteiger partial charge >= 0.3 is 0 Å². The van der Waals surface area contributed by atoms with Crippen LogP contribution in [0.1, 0.15) is 41.2 Å². The third kappa shape index (κ3) is 3.22. The van der Waals surface area contributed by atoms with Crippen molar-refractivity contribution in [2.75, 3.05) is 0 Å². The van der Waals surface area contributed by atoms with Gasteiger partial charge in [-0.25, -0.2) is 22.6 Å². The average molecular weight is 371 g/mol. The molecule has 7 nitrogen and oxygen atoms in total. The molecule has 0 spiro atoms. The molecule has 26 heavy (non-hydrogen) atoms. The van der Waals surface area contributed by atoms with Gasteiger partial charge in [-0.05, 0) is 68.9 Å². The summed E-state index contributed by atoms with van der Waals surface area (Å²) in [7, 11) is -3.61. The molecule has 1 aliphatic rings. The summed E-state index contributed by atoms with van der Waals surface area (Å²) in [6, 6.07) is 7.31. The molecule has 0 radical (unpaired) electrons. The zero-order valence-corrected chi connectivity index (χ0v) is 15.7. The van der Waals surface area contributed by atoms with Crippen LogP contribution in [0.2, 0.25) is 0 Å². The van der Waals surface area contributed by atoms with Crippen molar-refractivity contribution in [3.05, 3.63) is 52.6 Å². The summed E-state index contributed by atoms with van der Waals surface area (Å²) in [5, 5.41) is 4.34. The fourth-order valence-corrected chi connectivity index (χ4v) is 4.43. The minimum absolute atomic E-state index is 0.0290. The van der Waals surface area contributed by atoms with Crippen molar-refractivity contribution in [3.63, 3.8) is 0 Å². The molecule has 2 heterocycles. The molecule has 8 heteroatoms. The Morgan fingerprint density at radius 2 is 1.85 bits per heavy atom. The van der Waals surface area contributed by atoms with Gasteiger partial charge in [0, 0.05) is 11.4 Å².